The van der Waals surface area contributed by atoms with Crippen LogP contribution >= 0.6 is 0 Å². The number of nitrogens with one attached hydrogen (secondary N) is 2. The average molecular weight is 266 g/mol. The zero-order chi connectivity index (χ0) is 13.5. The Kier molecular flexibility index (Phi) is 6.15. The molecule has 1 heterocycles. The number of carbonyl (C=O) groups is 1. The summed E-state index contributed by atoms with van der Waals surface area (Å²) >= 11 is 0. The Balaban J connectivity index is 1.65. The Bertz CT molecular complexity index is 266. The second-order valence-corrected chi connectivity index (χ2v) is 6.51. The first-order valence-electron chi connectivity index (χ1n) is 8.26. The highest BCUT2D eigenvalue weighted by Crippen LogP contribution is 2.25. The fourth-order valence-corrected chi connectivity index (χ4v) is 3.55. The number of hydrogen-bond acceptors (Lipinski definition) is 2. The van der Waals surface area contributed by atoms with E-state index in [0.29, 0.717) is 18.4 Å². The molecule has 1 amide bonds. The van der Waals surface area contributed by atoms with Gasteiger partial charge < -0.3 is 10.6 Å². The van der Waals surface area contributed by atoms with E-state index in [1.54, 1.807) is 0 Å². The Hall–Kier alpha value is -0.570. The third kappa shape index (κ3) is 5.13. The molecule has 110 valence electrons. The Morgan fingerprint density at radius 1 is 1.21 bits per heavy atom. The number of rotatable bonds is 5. The van der Waals surface area contributed by atoms with Crippen LogP contribution in [0.5, 0.6) is 0 Å². The molecule has 0 aromatic heterocycles. The van der Waals surface area contributed by atoms with E-state index in [4.69, 9.17) is 0 Å². The van der Waals surface area contributed by atoms with Gasteiger partial charge in [0.05, 0.1) is 0 Å². The van der Waals surface area contributed by atoms with E-state index in [2.05, 4.69) is 17.6 Å². The third-order valence-electron chi connectivity index (χ3n) is 4.94. The molecule has 19 heavy (non-hydrogen) atoms. The fraction of sp³-hybridized carbons (Fsp3) is 0.938. The predicted octanol–water partition coefficient (Wildman–Crippen LogP) is 2.85. The van der Waals surface area contributed by atoms with Gasteiger partial charge in [0.1, 0.15) is 0 Å². The molecule has 1 unspecified atom stereocenters. The van der Waals surface area contributed by atoms with E-state index in [-0.39, 0.29) is 5.91 Å². The summed E-state index contributed by atoms with van der Waals surface area (Å²) in [7, 11) is 0. The summed E-state index contributed by atoms with van der Waals surface area (Å²) < 4.78 is 0. The maximum absolute atomic E-state index is 12.0. The Morgan fingerprint density at radius 2 is 1.95 bits per heavy atom. The maximum atomic E-state index is 12.0. The minimum absolute atomic E-state index is 0.267. The number of hydrogen-bond donors (Lipinski definition) is 2. The first kappa shape index (κ1) is 14.8. The molecule has 2 atom stereocenters. The van der Waals surface area contributed by atoms with Crippen molar-refractivity contribution >= 4 is 5.91 Å². The molecule has 3 heteroatoms. The van der Waals surface area contributed by atoms with Crippen molar-refractivity contribution in [3.05, 3.63) is 0 Å². The highest BCUT2D eigenvalue weighted by atomic mass is 16.1. The van der Waals surface area contributed by atoms with Crippen LogP contribution in [0, 0.1) is 11.8 Å². The standard InChI is InChI=1S/C16H30N2O/c1-13(15-6-4-2-3-5-7-15)18-16(19)9-8-14-10-11-17-12-14/h13-15,17H,2-12H2,1H3,(H,18,19)/t13-,14?/m1/s1. The van der Waals surface area contributed by atoms with Crippen LogP contribution in [0.25, 0.3) is 0 Å². The van der Waals surface area contributed by atoms with Crippen molar-refractivity contribution in [2.45, 2.75) is 70.8 Å². The van der Waals surface area contributed by atoms with Crippen LogP contribution in [0.4, 0.5) is 0 Å². The summed E-state index contributed by atoms with van der Waals surface area (Å²) in [5.41, 5.74) is 0. The molecular weight excluding hydrogens is 236 g/mol. The molecule has 2 aliphatic rings. The smallest absolute Gasteiger partial charge is 0.220 e. The van der Waals surface area contributed by atoms with E-state index in [0.717, 1.165) is 25.4 Å². The van der Waals surface area contributed by atoms with Gasteiger partial charge in [0, 0.05) is 12.5 Å². The number of carbonyl (C=O) groups excluding carboxylic acids is 1. The average Bonchev–Trinajstić information content (AvgIpc) is 2.76. The summed E-state index contributed by atoms with van der Waals surface area (Å²) in [6, 6.07) is 0.368. The molecule has 2 rings (SSSR count). The van der Waals surface area contributed by atoms with Crippen molar-refractivity contribution in [3.63, 3.8) is 0 Å². The molecule has 1 saturated carbocycles. The molecule has 2 fully saturated rings. The van der Waals surface area contributed by atoms with Gasteiger partial charge in [-0.25, -0.2) is 0 Å². The lowest BCUT2D eigenvalue weighted by atomic mass is 9.92. The Morgan fingerprint density at radius 3 is 2.58 bits per heavy atom. The minimum Gasteiger partial charge on any atom is -0.353 e. The van der Waals surface area contributed by atoms with Gasteiger partial charge >= 0.3 is 0 Å². The van der Waals surface area contributed by atoms with Crippen LogP contribution in [-0.4, -0.2) is 25.0 Å². The largest absolute Gasteiger partial charge is 0.353 e. The molecule has 1 saturated heterocycles. The van der Waals surface area contributed by atoms with Crippen LogP contribution in [0.3, 0.4) is 0 Å². The van der Waals surface area contributed by atoms with E-state index in [1.165, 1.54) is 44.9 Å². The second kappa shape index (κ2) is 7.88. The van der Waals surface area contributed by atoms with Crippen molar-refractivity contribution < 1.29 is 4.79 Å². The highest BCUT2D eigenvalue weighted by Gasteiger charge is 2.21. The lowest BCUT2D eigenvalue weighted by Gasteiger charge is -2.23. The zero-order valence-corrected chi connectivity index (χ0v) is 12.4. The van der Waals surface area contributed by atoms with Gasteiger partial charge in [-0.3, -0.25) is 4.79 Å². The van der Waals surface area contributed by atoms with Crippen molar-refractivity contribution in [2.75, 3.05) is 13.1 Å². The summed E-state index contributed by atoms with van der Waals surface area (Å²) in [6.07, 6.45) is 11.1. The highest BCUT2D eigenvalue weighted by molar-refractivity contribution is 5.76. The lowest BCUT2D eigenvalue weighted by molar-refractivity contribution is -0.122. The summed E-state index contributed by atoms with van der Waals surface area (Å²) in [4.78, 5) is 12.0. The Labute approximate surface area is 117 Å². The number of amides is 1. The van der Waals surface area contributed by atoms with Gasteiger partial charge in [-0.2, -0.15) is 0 Å². The van der Waals surface area contributed by atoms with E-state index < -0.39 is 0 Å². The minimum atomic E-state index is 0.267. The van der Waals surface area contributed by atoms with Gasteiger partial charge in [-0.15, -0.1) is 0 Å². The molecule has 0 aromatic carbocycles. The van der Waals surface area contributed by atoms with Crippen LogP contribution in [-0.2, 0) is 4.79 Å². The molecule has 1 aliphatic carbocycles. The van der Waals surface area contributed by atoms with E-state index in [9.17, 15) is 4.79 Å². The van der Waals surface area contributed by atoms with Crippen LogP contribution in [0.2, 0.25) is 0 Å². The van der Waals surface area contributed by atoms with Crippen LogP contribution < -0.4 is 10.6 Å². The molecular formula is C16H30N2O. The van der Waals surface area contributed by atoms with Crippen molar-refractivity contribution in [1.82, 2.24) is 10.6 Å². The van der Waals surface area contributed by atoms with Gasteiger partial charge in [0.2, 0.25) is 5.91 Å². The van der Waals surface area contributed by atoms with Crippen molar-refractivity contribution in [1.29, 1.82) is 0 Å². The second-order valence-electron chi connectivity index (χ2n) is 6.51. The predicted molar refractivity (Wildman–Crippen MR) is 79.0 cm³/mol. The van der Waals surface area contributed by atoms with E-state index in [1.807, 2.05) is 0 Å². The van der Waals surface area contributed by atoms with Crippen LogP contribution in [0.1, 0.15) is 64.7 Å². The molecule has 1 aliphatic heterocycles. The van der Waals surface area contributed by atoms with Crippen molar-refractivity contribution in [3.8, 4) is 0 Å². The van der Waals surface area contributed by atoms with Gasteiger partial charge in [0.15, 0.2) is 0 Å². The molecule has 2 N–H and O–H groups in total. The zero-order valence-electron chi connectivity index (χ0n) is 12.4. The lowest BCUT2D eigenvalue weighted by Crippen LogP contribution is -2.38. The molecule has 3 nitrogen and oxygen atoms in total. The van der Waals surface area contributed by atoms with Gasteiger partial charge in [0.25, 0.3) is 0 Å². The van der Waals surface area contributed by atoms with Gasteiger partial charge in [-0.1, -0.05) is 25.7 Å². The molecule has 0 radical (unpaired) electrons. The summed E-state index contributed by atoms with van der Waals surface area (Å²) in [5.74, 6) is 1.70. The quantitative estimate of drug-likeness (QED) is 0.751. The fourth-order valence-electron chi connectivity index (χ4n) is 3.55. The van der Waals surface area contributed by atoms with Crippen molar-refractivity contribution in [2.24, 2.45) is 11.8 Å². The van der Waals surface area contributed by atoms with Crippen LogP contribution in [0.15, 0.2) is 0 Å². The third-order valence-corrected chi connectivity index (χ3v) is 4.94. The monoisotopic (exact) mass is 266 g/mol. The first-order chi connectivity index (χ1) is 9.25. The molecule has 0 aromatic rings. The van der Waals surface area contributed by atoms with Gasteiger partial charge in [-0.05, 0) is 57.5 Å². The first-order valence-corrected chi connectivity index (χ1v) is 8.26. The van der Waals surface area contributed by atoms with E-state index >= 15 is 0 Å². The topological polar surface area (TPSA) is 41.1 Å². The summed E-state index contributed by atoms with van der Waals surface area (Å²) in [6.45, 7) is 4.43. The molecule has 0 bridgehead atoms. The summed E-state index contributed by atoms with van der Waals surface area (Å²) in [5, 5.41) is 6.61. The molecule has 0 spiro atoms. The normalized spacial score (nSPS) is 26.9. The maximum Gasteiger partial charge on any atom is 0.220 e. The SMILES string of the molecule is C[C@@H](NC(=O)CCC1CCNC1)C1CCCCCC1.